The maximum atomic E-state index is 11.6. The zero-order valence-corrected chi connectivity index (χ0v) is 19.0. The van der Waals surface area contributed by atoms with Crippen LogP contribution in [0.4, 0.5) is 5.13 Å². The van der Waals surface area contributed by atoms with E-state index < -0.39 is 9.84 Å². The van der Waals surface area contributed by atoms with Gasteiger partial charge in [-0.15, -0.1) is 11.3 Å². The number of nitrogens with one attached hydrogen (secondary N) is 1. The smallest absolute Gasteiger partial charge is 0.223 e. The van der Waals surface area contributed by atoms with Crippen molar-refractivity contribution in [2.75, 3.05) is 11.6 Å². The van der Waals surface area contributed by atoms with E-state index in [0.717, 1.165) is 35.4 Å². The van der Waals surface area contributed by atoms with E-state index in [1.807, 2.05) is 19.1 Å². The summed E-state index contributed by atoms with van der Waals surface area (Å²) in [6.45, 7) is 5.57. The first-order chi connectivity index (χ1) is 13.7. The standard InChI is InChI=1S/C22H28N2O3S2/c1-5-16(2)9-7-6-8-10-20-21(28-22(24-20)23-17(3)25)15-18-11-13-19(14-12-18)29(4,26)27/h5,7,9,11-14H,6,8,10,15H2,1-4H3,(H,23,24,25)/b9-7-,16-5-. The average molecular weight is 433 g/mol. The molecule has 2 aromatic rings. The fraction of sp³-hybridized carbons (Fsp3) is 0.364. The van der Waals surface area contributed by atoms with Gasteiger partial charge in [-0.25, -0.2) is 13.4 Å². The Morgan fingerprint density at radius 2 is 1.90 bits per heavy atom. The number of carbonyl (C=O) groups excluding carboxylic acids is 1. The van der Waals surface area contributed by atoms with Crippen molar-refractivity contribution in [1.29, 1.82) is 0 Å². The minimum absolute atomic E-state index is 0.140. The third-order valence-electron chi connectivity index (χ3n) is 4.40. The number of nitrogens with zero attached hydrogens (tertiary/aromatic N) is 1. The lowest BCUT2D eigenvalue weighted by molar-refractivity contribution is -0.114. The molecule has 1 heterocycles. The van der Waals surface area contributed by atoms with Crippen molar-refractivity contribution in [3.63, 3.8) is 0 Å². The van der Waals surface area contributed by atoms with Crippen LogP contribution in [-0.4, -0.2) is 25.6 Å². The second-order valence-electron chi connectivity index (χ2n) is 6.99. The Labute approximate surface area is 177 Å². The molecule has 5 nitrogen and oxygen atoms in total. The van der Waals surface area contributed by atoms with Crippen LogP contribution in [0.1, 0.15) is 49.7 Å². The van der Waals surface area contributed by atoms with Gasteiger partial charge in [0.2, 0.25) is 5.91 Å². The summed E-state index contributed by atoms with van der Waals surface area (Å²) in [4.78, 5) is 17.4. The number of rotatable bonds is 9. The largest absolute Gasteiger partial charge is 0.302 e. The average Bonchev–Trinajstić information content (AvgIpc) is 3.01. The molecule has 0 bridgehead atoms. The highest BCUT2D eigenvalue weighted by Gasteiger charge is 2.13. The van der Waals surface area contributed by atoms with Gasteiger partial charge in [0.1, 0.15) is 0 Å². The lowest BCUT2D eigenvalue weighted by Gasteiger charge is -2.04. The fourth-order valence-corrected chi connectivity index (χ4v) is 4.43. The predicted octanol–water partition coefficient (Wildman–Crippen LogP) is 4.94. The lowest BCUT2D eigenvalue weighted by Crippen LogP contribution is -2.05. The zero-order chi connectivity index (χ0) is 21.4. The molecule has 0 spiro atoms. The van der Waals surface area contributed by atoms with Gasteiger partial charge in [-0.3, -0.25) is 4.79 Å². The molecule has 0 atom stereocenters. The molecule has 156 valence electrons. The van der Waals surface area contributed by atoms with E-state index in [2.05, 4.69) is 35.5 Å². The molecule has 0 fully saturated rings. The maximum absolute atomic E-state index is 11.6. The summed E-state index contributed by atoms with van der Waals surface area (Å²) in [6.07, 6.45) is 11.0. The molecule has 2 rings (SSSR count). The highest BCUT2D eigenvalue weighted by Crippen LogP contribution is 2.27. The fourth-order valence-electron chi connectivity index (χ4n) is 2.71. The molecule has 0 aliphatic rings. The summed E-state index contributed by atoms with van der Waals surface area (Å²) in [6, 6.07) is 6.93. The van der Waals surface area contributed by atoms with Gasteiger partial charge in [-0.1, -0.05) is 35.9 Å². The molecular formula is C22H28N2O3S2. The number of allylic oxidation sites excluding steroid dienone is 4. The second kappa shape index (κ2) is 10.5. The van der Waals surface area contributed by atoms with Crippen molar-refractivity contribution in [3.05, 3.63) is 64.2 Å². The van der Waals surface area contributed by atoms with Gasteiger partial charge in [0, 0.05) is 24.5 Å². The number of unbranched alkanes of at least 4 members (excludes halogenated alkanes) is 1. The minimum atomic E-state index is -3.20. The van der Waals surface area contributed by atoms with Crippen LogP contribution in [0.3, 0.4) is 0 Å². The highest BCUT2D eigenvalue weighted by atomic mass is 32.2. The van der Waals surface area contributed by atoms with Gasteiger partial charge >= 0.3 is 0 Å². The number of anilines is 1. The Morgan fingerprint density at radius 3 is 2.48 bits per heavy atom. The molecule has 0 saturated heterocycles. The van der Waals surface area contributed by atoms with Crippen molar-refractivity contribution in [3.8, 4) is 0 Å². The van der Waals surface area contributed by atoms with E-state index in [1.165, 1.54) is 30.1 Å². The molecule has 0 saturated carbocycles. The molecule has 0 aliphatic heterocycles. The van der Waals surface area contributed by atoms with Crippen molar-refractivity contribution >= 4 is 32.2 Å². The molecule has 1 aromatic heterocycles. The summed E-state index contributed by atoms with van der Waals surface area (Å²) < 4.78 is 23.3. The Bertz CT molecular complexity index is 1000. The number of amides is 1. The summed E-state index contributed by atoms with van der Waals surface area (Å²) in [7, 11) is -3.20. The Balaban J connectivity index is 2.13. The second-order valence-corrected chi connectivity index (χ2v) is 10.1. The number of hydrogen-bond donors (Lipinski definition) is 1. The predicted molar refractivity (Wildman–Crippen MR) is 120 cm³/mol. The number of thiazole rings is 1. The molecule has 1 amide bonds. The molecule has 1 aromatic carbocycles. The number of carbonyl (C=O) groups is 1. The molecule has 0 unspecified atom stereocenters. The van der Waals surface area contributed by atoms with Gasteiger partial charge in [0.25, 0.3) is 0 Å². The number of hydrogen-bond acceptors (Lipinski definition) is 5. The van der Waals surface area contributed by atoms with Crippen LogP contribution in [0.5, 0.6) is 0 Å². The van der Waals surface area contributed by atoms with E-state index in [1.54, 1.807) is 12.1 Å². The Morgan fingerprint density at radius 1 is 1.21 bits per heavy atom. The van der Waals surface area contributed by atoms with Crippen LogP contribution in [0.15, 0.2) is 53.0 Å². The third kappa shape index (κ3) is 7.59. The van der Waals surface area contributed by atoms with Crippen LogP contribution in [0, 0.1) is 0 Å². The summed E-state index contributed by atoms with van der Waals surface area (Å²) in [5.41, 5.74) is 3.24. The summed E-state index contributed by atoms with van der Waals surface area (Å²) >= 11 is 1.48. The summed E-state index contributed by atoms with van der Waals surface area (Å²) in [5.74, 6) is -0.140. The number of aromatic nitrogens is 1. The van der Waals surface area contributed by atoms with E-state index >= 15 is 0 Å². The molecule has 1 N–H and O–H groups in total. The van der Waals surface area contributed by atoms with E-state index in [4.69, 9.17) is 0 Å². The van der Waals surface area contributed by atoms with E-state index in [9.17, 15) is 13.2 Å². The van der Waals surface area contributed by atoms with Crippen LogP contribution in [0.25, 0.3) is 0 Å². The van der Waals surface area contributed by atoms with Crippen molar-refractivity contribution in [1.82, 2.24) is 4.98 Å². The Hall–Kier alpha value is -2.25. The van der Waals surface area contributed by atoms with Crippen molar-refractivity contribution < 1.29 is 13.2 Å². The first kappa shape index (κ1) is 23.0. The van der Waals surface area contributed by atoms with Gasteiger partial charge in [-0.05, 0) is 50.8 Å². The SMILES string of the molecule is C/C=C(C)\C=C/CCCc1nc(NC(C)=O)sc1Cc1ccc(S(C)(=O)=O)cc1. The van der Waals surface area contributed by atoms with E-state index in [-0.39, 0.29) is 5.91 Å². The maximum Gasteiger partial charge on any atom is 0.223 e. The van der Waals surface area contributed by atoms with Crippen LogP contribution < -0.4 is 5.32 Å². The molecule has 7 heteroatoms. The van der Waals surface area contributed by atoms with Crippen LogP contribution in [-0.2, 0) is 27.5 Å². The van der Waals surface area contributed by atoms with Crippen molar-refractivity contribution in [2.45, 2.75) is 51.3 Å². The third-order valence-corrected chi connectivity index (χ3v) is 6.54. The first-order valence-corrected chi connectivity index (χ1v) is 12.2. The van der Waals surface area contributed by atoms with Crippen LogP contribution >= 0.6 is 11.3 Å². The topological polar surface area (TPSA) is 76.1 Å². The van der Waals surface area contributed by atoms with Gasteiger partial charge < -0.3 is 5.32 Å². The number of aryl methyl sites for hydroxylation is 1. The van der Waals surface area contributed by atoms with Crippen LogP contribution in [0.2, 0.25) is 0 Å². The number of sulfone groups is 1. The highest BCUT2D eigenvalue weighted by molar-refractivity contribution is 7.90. The van der Waals surface area contributed by atoms with Gasteiger partial charge in [0.05, 0.1) is 10.6 Å². The molecular weight excluding hydrogens is 404 g/mol. The minimum Gasteiger partial charge on any atom is -0.302 e. The lowest BCUT2D eigenvalue weighted by atomic mass is 10.1. The first-order valence-electron chi connectivity index (χ1n) is 9.53. The van der Waals surface area contributed by atoms with Crippen molar-refractivity contribution in [2.24, 2.45) is 0 Å². The number of benzene rings is 1. The Kier molecular flexibility index (Phi) is 8.34. The molecule has 0 aliphatic carbocycles. The quantitative estimate of drug-likeness (QED) is 0.450. The molecule has 0 radical (unpaired) electrons. The summed E-state index contributed by atoms with van der Waals surface area (Å²) in [5, 5.41) is 3.38. The normalized spacial score (nSPS) is 12.5. The van der Waals surface area contributed by atoms with Gasteiger partial charge in [-0.2, -0.15) is 0 Å². The monoisotopic (exact) mass is 432 g/mol. The van der Waals surface area contributed by atoms with E-state index in [0.29, 0.717) is 16.4 Å². The zero-order valence-electron chi connectivity index (χ0n) is 17.4. The molecule has 29 heavy (non-hydrogen) atoms. The van der Waals surface area contributed by atoms with Gasteiger partial charge in [0.15, 0.2) is 15.0 Å².